The third kappa shape index (κ3) is 3.65. The van der Waals surface area contributed by atoms with Crippen molar-refractivity contribution in [2.45, 2.75) is 139 Å². The molecule has 38 heavy (non-hydrogen) atoms. The smallest absolute Gasteiger partial charge is 0.309 e. The van der Waals surface area contributed by atoms with Gasteiger partial charge < -0.3 is 9.84 Å². The number of carbonyl (C=O) groups excluding carboxylic acids is 1. The summed E-state index contributed by atoms with van der Waals surface area (Å²) in [7, 11) is 0. The number of carboxylic acids is 1. The van der Waals surface area contributed by atoms with Crippen LogP contribution in [-0.2, 0) is 14.3 Å². The van der Waals surface area contributed by atoms with E-state index in [2.05, 4.69) is 48.5 Å². The van der Waals surface area contributed by atoms with Gasteiger partial charge in [0.2, 0.25) is 0 Å². The molecule has 0 aliphatic heterocycles. The zero-order valence-corrected chi connectivity index (χ0v) is 25.7. The summed E-state index contributed by atoms with van der Waals surface area (Å²) < 4.78 is 6.13. The van der Waals surface area contributed by atoms with Crippen molar-refractivity contribution in [3.05, 3.63) is 0 Å². The second-order valence-electron chi connectivity index (χ2n) is 16.2. The van der Waals surface area contributed by atoms with Crippen LogP contribution in [0.3, 0.4) is 0 Å². The molecule has 5 aliphatic rings. The number of fused-ring (bicyclic) bond motifs is 7. The Labute approximate surface area is 232 Å². The summed E-state index contributed by atoms with van der Waals surface area (Å²) in [5.74, 6) is 2.60. The molecule has 5 fully saturated rings. The highest BCUT2D eigenvalue weighted by Gasteiger charge is 2.72. The Morgan fingerprint density at radius 2 is 1.55 bits per heavy atom. The lowest BCUT2D eigenvalue weighted by molar-refractivity contribution is -0.251. The fourth-order valence-corrected chi connectivity index (χ4v) is 12.4. The number of hydrogen-bond acceptors (Lipinski definition) is 3. The molecule has 0 bridgehead atoms. The first kappa shape index (κ1) is 28.5. The molecule has 5 saturated carbocycles. The van der Waals surface area contributed by atoms with Crippen molar-refractivity contribution in [2.24, 2.45) is 62.6 Å². The normalized spacial score (nSPS) is 49.4. The molecule has 5 rings (SSSR count). The van der Waals surface area contributed by atoms with E-state index in [1.807, 2.05) is 6.92 Å². The predicted octanol–water partition coefficient (Wildman–Crippen LogP) is 8.52. The minimum absolute atomic E-state index is 0.0191. The molecule has 4 heteroatoms. The maximum atomic E-state index is 12.9. The van der Waals surface area contributed by atoms with E-state index in [-0.39, 0.29) is 33.7 Å². The minimum atomic E-state index is -0.506. The Morgan fingerprint density at radius 1 is 0.842 bits per heavy atom. The molecule has 0 aromatic rings. The van der Waals surface area contributed by atoms with Gasteiger partial charge in [-0.05, 0) is 122 Å². The Balaban J connectivity index is 1.47. The molecule has 10 unspecified atom stereocenters. The van der Waals surface area contributed by atoms with Gasteiger partial charge in [0.1, 0.15) is 6.10 Å². The van der Waals surface area contributed by atoms with Crippen molar-refractivity contribution in [2.75, 3.05) is 0 Å². The van der Waals surface area contributed by atoms with Gasteiger partial charge in [0.05, 0.1) is 5.41 Å². The predicted molar refractivity (Wildman–Crippen MR) is 151 cm³/mol. The van der Waals surface area contributed by atoms with E-state index < -0.39 is 11.4 Å². The summed E-state index contributed by atoms with van der Waals surface area (Å²) in [6.45, 7) is 19.3. The van der Waals surface area contributed by atoms with Crippen molar-refractivity contribution in [1.29, 1.82) is 0 Å². The van der Waals surface area contributed by atoms with Crippen molar-refractivity contribution >= 4 is 11.9 Å². The lowest BCUT2D eigenvalue weighted by atomic mass is 9.32. The highest BCUT2D eigenvalue weighted by atomic mass is 16.5. The SMILES string of the molecule is CCCC(=O)OC1CCC2(C)C(CCC3(C)C2CCC2C4C(C(C)C)CCC4(C(=O)O)CCC23C)C1(C)C. The largest absolute Gasteiger partial charge is 0.481 e. The summed E-state index contributed by atoms with van der Waals surface area (Å²) in [6.07, 6.45) is 12.3. The molecular formula is C34H56O4. The van der Waals surface area contributed by atoms with Gasteiger partial charge in [-0.25, -0.2) is 0 Å². The molecule has 0 aromatic heterocycles. The van der Waals surface area contributed by atoms with Gasteiger partial charge in [0.25, 0.3) is 0 Å². The Hall–Kier alpha value is -1.06. The van der Waals surface area contributed by atoms with E-state index in [0.717, 1.165) is 44.9 Å². The average molecular weight is 529 g/mol. The molecule has 0 aromatic carbocycles. The fourth-order valence-electron chi connectivity index (χ4n) is 12.4. The Bertz CT molecular complexity index is 954. The maximum Gasteiger partial charge on any atom is 0.309 e. The quantitative estimate of drug-likeness (QED) is 0.363. The summed E-state index contributed by atoms with van der Waals surface area (Å²) in [5.41, 5.74) is 0.157. The molecule has 0 saturated heterocycles. The number of esters is 1. The summed E-state index contributed by atoms with van der Waals surface area (Å²) >= 11 is 0. The zero-order chi connectivity index (χ0) is 27.9. The molecule has 1 N–H and O–H groups in total. The number of hydrogen-bond donors (Lipinski definition) is 1. The van der Waals surface area contributed by atoms with Gasteiger partial charge in [-0.1, -0.05) is 55.4 Å². The van der Waals surface area contributed by atoms with Crippen LogP contribution in [0.5, 0.6) is 0 Å². The van der Waals surface area contributed by atoms with Crippen LogP contribution >= 0.6 is 0 Å². The van der Waals surface area contributed by atoms with Gasteiger partial charge in [-0.3, -0.25) is 9.59 Å². The lowest BCUT2D eigenvalue weighted by Gasteiger charge is -2.72. The summed E-state index contributed by atoms with van der Waals surface area (Å²) in [4.78, 5) is 25.4. The third-order valence-corrected chi connectivity index (χ3v) is 14.4. The fraction of sp³-hybridized carbons (Fsp3) is 0.941. The zero-order valence-electron chi connectivity index (χ0n) is 25.7. The average Bonchev–Trinajstić information content (AvgIpc) is 3.23. The number of carbonyl (C=O) groups is 2. The molecule has 4 nitrogen and oxygen atoms in total. The number of aliphatic carboxylic acids is 1. The topological polar surface area (TPSA) is 63.6 Å². The second kappa shape index (κ2) is 9.23. The molecule has 0 amide bonds. The number of rotatable bonds is 5. The van der Waals surface area contributed by atoms with Crippen molar-refractivity contribution in [3.8, 4) is 0 Å². The van der Waals surface area contributed by atoms with Crippen LogP contribution < -0.4 is 0 Å². The van der Waals surface area contributed by atoms with Gasteiger partial charge in [0, 0.05) is 11.8 Å². The maximum absolute atomic E-state index is 12.9. The monoisotopic (exact) mass is 528 g/mol. The van der Waals surface area contributed by atoms with Crippen LogP contribution in [0.4, 0.5) is 0 Å². The summed E-state index contributed by atoms with van der Waals surface area (Å²) in [6, 6.07) is 0. The molecule has 0 radical (unpaired) electrons. The first-order valence-corrected chi connectivity index (χ1v) is 16.1. The molecule has 0 heterocycles. The molecule has 216 valence electrons. The van der Waals surface area contributed by atoms with Crippen LogP contribution in [0.1, 0.15) is 132 Å². The van der Waals surface area contributed by atoms with Gasteiger partial charge >= 0.3 is 11.9 Å². The molecule has 0 spiro atoms. The van der Waals surface area contributed by atoms with Crippen molar-refractivity contribution in [3.63, 3.8) is 0 Å². The van der Waals surface area contributed by atoms with E-state index in [1.54, 1.807) is 0 Å². The molecular weight excluding hydrogens is 472 g/mol. The number of carboxylic acid groups (broad SMARTS) is 1. The van der Waals surface area contributed by atoms with E-state index in [4.69, 9.17) is 4.74 Å². The second-order valence-corrected chi connectivity index (χ2v) is 16.2. The first-order chi connectivity index (χ1) is 17.7. The lowest BCUT2D eigenvalue weighted by Crippen LogP contribution is -2.67. The Kier molecular flexibility index (Phi) is 6.92. The van der Waals surface area contributed by atoms with Crippen molar-refractivity contribution < 1.29 is 19.4 Å². The Morgan fingerprint density at radius 3 is 2.18 bits per heavy atom. The highest BCUT2D eigenvalue weighted by Crippen LogP contribution is 2.77. The van der Waals surface area contributed by atoms with E-state index in [1.165, 1.54) is 25.7 Å². The minimum Gasteiger partial charge on any atom is -0.481 e. The van der Waals surface area contributed by atoms with E-state index in [0.29, 0.717) is 41.9 Å². The highest BCUT2D eigenvalue weighted by molar-refractivity contribution is 5.76. The van der Waals surface area contributed by atoms with Crippen LogP contribution in [-0.4, -0.2) is 23.1 Å². The molecule has 10 atom stereocenters. The van der Waals surface area contributed by atoms with Gasteiger partial charge in [0.15, 0.2) is 0 Å². The van der Waals surface area contributed by atoms with Crippen LogP contribution in [0, 0.1) is 62.6 Å². The van der Waals surface area contributed by atoms with Crippen LogP contribution in [0.2, 0.25) is 0 Å². The molecule has 5 aliphatic carbocycles. The van der Waals surface area contributed by atoms with Gasteiger partial charge in [-0.2, -0.15) is 0 Å². The first-order valence-electron chi connectivity index (χ1n) is 16.1. The van der Waals surface area contributed by atoms with Crippen LogP contribution in [0.15, 0.2) is 0 Å². The standard InChI is InChI=1S/C34H56O4/c1-9-10-27(35)38-26-15-16-31(6)24(30(26,4)5)14-17-33(8)25(31)12-11-23-28-22(21(2)3)13-18-34(28,29(36)37)20-19-32(23,33)7/h21-26,28H,9-20H2,1-8H3,(H,36,37). The van der Waals surface area contributed by atoms with E-state index >= 15 is 0 Å². The summed E-state index contributed by atoms with van der Waals surface area (Å²) in [5, 5.41) is 10.6. The number of ether oxygens (including phenoxy) is 1. The van der Waals surface area contributed by atoms with E-state index in [9.17, 15) is 14.7 Å². The van der Waals surface area contributed by atoms with Crippen LogP contribution in [0.25, 0.3) is 0 Å². The third-order valence-electron chi connectivity index (χ3n) is 14.4. The van der Waals surface area contributed by atoms with Crippen molar-refractivity contribution in [1.82, 2.24) is 0 Å². The van der Waals surface area contributed by atoms with Gasteiger partial charge in [-0.15, -0.1) is 0 Å².